The van der Waals surface area contributed by atoms with E-state index in [2.05, 4.69) is 4.74 Å². The van der Waals surface area contributed by atoms with E-state index in [9.17, 15) is 9.59 Å². The summed E-state index contributed by atoms with van der Waals surface area (Å²) < 4.78 is 4.50. The largest absolute Gasteiger partial charge is 0.466 e. The third kappa shape index (κ3) is 3.53. The zero-order valence-corrected chi connectivity index (χ0v) is 9.90. The predicted molar refractivity (Wildman–Crippen MR) is 65.4 cm³/mol. The van der Waals surface area contributed by atoms with Crippen molar-refractivity contribution in [1.82, 2.24) is 0 Å². The van der Waals surface area contributed by atoms with Gasteiger partial charge in [-0.3, -0.25) is 4.79 Å². The average Bonchev–Trinajstić information content (AvgIpc) is 2.35. The summed E-state index contributed by atoms with van der Waals surface area (Å²) in [5, 5.41) is 0. The van der Waals surface area contributed by atoms with Gasteiger partial charge in [-0.15, -0.1) is 0 Å². The van der Waals surface area contributed by atoms with Gasteiger partial charge in [-0.25, -0.2) is 4.79 Å². The third-order valence-corrected chi connectivity index (χ3v) is 2.37. The van der Waals surface area contributed by atoms with Gasteiger partial charge >= 0.3 is 5.97 Å². The number of nitrogens with two attached hydrogens (primary N) is 1. The molecule has 0 bridgehead atoms. The fourth-order valence-electron chi connectivity index (χ4n) is 1.39. The molecule has 0 aliphatic rings. The summed E-state index contributed by atoms with van der Waals surface area (Å²) in [6.07, 6.45) is 2.94. The summed E-state index contributed by atoms with van der Waals surface area (Å²) in [6, 6.07) is 5.20. The molecule has 0 fully saturated rings. The first-order chi connectivity index (χ1) is 8.08. The quantitative estimate of drug-likeness (QED) is 0.486. The average molecular weight is 233 g/mol. The van der Waals surface area contributed by atoms with Crippen molar-refractivity contribution < 1.29 is 14.3 Å². The van der Waals surface area contributed by atoms with Crippen LogP contribution in [0.2, 0.25) is 0 Å². The van der Waals surface area contributed by atoms with E-state index in [1.54, 1.807) is 24.3 Å². The monoisotopic (exact) mass is 233 g/mol. The highest BCUT2D eigenvalue weighted by molar-refractivity contribution is 5.94. The highest BCUT2D eigenvalue weighted by Gasteiger charge is 2.04. The number of hydrogen-bond acceptors (Lipinski definition) is 4. The highest BCUT2D eigenvalue weighted by atomic mass is 16.5. The van der Waals surface area contributed by atoms with Crippen LogP contribution in [0.15, 0.2) is 24.3 Å². The first kappa shape index (κ1) is 13.1. The fraction of sp³-hybridized carbons (Fsp3) is 0.231. The first-order valence-corrected chi connectivity index (χ1v) is 5.18. The van der Waals surface area contributed by atoms with Crippen LogP contribution in [0.1, 0.15) is 28.4 Å². The van der Waals surface area contributed by atoms with Crippen LogP contribution in [0.4, 0.5) is 0 Å². The lowest BCUT2D eigenvalue weighted by molar-refractivity contribution is -0.134. The Balaban J connectivity index is 3.05. The van der Waals surface area contributed by atoms with Gasteiger partial charge in [0.2, 0.25) is 0 Å². The summed E-state index contributed by atoms with van der Waals surface area (Å²) in [7, 11) is 1.31. The summed E-state index contributed by atoms with van der Waals surface area (Å²) in [5.74, 6) is -0.438. The molecule has 0 atom stereocenters. The molecule has 1 aromatic carbocycles. The van der Waals surface area contributed by atoms with E-state index in [1.807, 2.05) is 0 Å². The molecule has 0 aromatic heterocycles. The number of hydrogen-bond donors (Lipinski definition) is 1. The van der Waals surface area contributed by atoms with E-state index in [0.29, 0.717) is 12.1 Å². The summed E-state index contributed by atoms with van der Waals surface area (Å²) in [4.78, 5) is 22.2. The van der Waals surface area contributed by atoms with Crippen molar-refractivity contribution in [3.63, 3.8) is 0 Å². The molecule has 4 nitrogen and oxygen atoms in total. The smallest absolute Gasteiger partial charge is 0.330 e. The summed E-state index contributed by atoms with van der Waals surface area (Å²) >= 11 is 0. The Labute approximate surface area is 100 Å². The number of carbonyl (C=O) groups is 2. The van der Waals surface area contributed by atoms with Crippen molar-refractivity contribution in [3.05, 3.63) is 41.0 Å². The van der Waals surface area contributed by atoms with Gasteiger partial charge < -0.3 is 10.5 Å². The van der Waals surface area contributed by atoms with Crippen molar-refractivity contribution in [2.45, 2.75) is 13.5 Å². The van der Waals surface area contributed by atoms with E-state index in [4.69, 9.17) is 5.73 Å². The van der Waals surface area contributed by atoms with Gasteiger partial charge in [0.15, 0.2) is 5.78 Å². The Morgan fingerprint density at radius 1 is 1.41 bits per heavy atom. The van der Waals surface area contributed by atoms with Gasteiger partial charge in [0, 0.05) is 18.2 Å². The van der Waals surface area contributed by atoms with E-state index >= 15 is 0 Å². The minimum absolute atomic E-state index is 0.0109. The second kappa shape index (κ2) is 5.96. The molecule has 17 heavy (non-hydrogen) atoms. The number of rotatable bonds is 4. The molecule has 4 heteroatoms. The number of ether oxygens (including phenoxy) is 1. The second-order valence-electron chi connectivity index (χ2n) is 3.53. The highest BCUT2D eigenvalue weighted by Crippen LogP contribution is 2.14. The Morgan fingerprint density at radius 2 is 2.12 bits per heavy atom. The molecule has 0 unspecified atom stereocenters. The van der Waals surface area contributed by atoms with E-state index < -0.39 is 5.97 Å². The molecule has 1 rings (SSSR count). The molecule has 0 amide bonds. The number of carbonyl (C=O) groups excluding carboxylic acids is 2. The molecule has 0 spiro atoms. The van der Waals surface area contributed by atoms with Crippen molar-refractivity contribution in [1.29, 1.82) is 0 Å². The number of benzene rings is 1. The van der Waals surface area contributed by atoms with Crippen LogP contribution in [0, 0.1) is 0 Å². The Bertz CT molecular complexity index is 464. The molecule has 0 aliphatic carbocycles. The molecule has 0 heterocycles. The standard InChI is InChI=1S/C13H15NO3/c1-9(15)11-4-3-10(12(7-11)8-14)5-6-13(16)17-2/h3-7H,8,14H2,1-2H3. The molecule has 90 valence electrons. The maximum Gasteiger partial charge on any atom is 0.330 e. The minimum Gasteiger partial charge on any atom is -0.466 e. The van der Waals surface area contributed by atoms with Gasteiger partial charge in [-0.2, -0.15) is 0 Å². The normalized spacial score (nSPS) is 10.5. The van der Waals surface area contributed by atoms with Crippen LogP contribution in [0.5, 0.6) is 0 Å². The van der Waals surface area contributed by atoms with Gasteiger partial charge in [0.1, 0.15) is 0 Å². The number of ketones is 1. The van der Waals surface area contributed by atoms with Crippen LogP contribution in [-0.4, -0.2) is 18.9 Å². The van der Waals surface area contributed by atoms with Crippen molar-refractivity contribution >= 4 is 17.8 Å². The fourth-order valence-corrected chi connectivity index (χ4v) is 1.39. The van der Waals surface area contributed by atoms with Crippen LogP contribution in [-0.2, 0) is 16.1 Å². The Morgan fingerprint density at radius 3 is 2.65 bits per heavy atom. The number of esters is 1. The van der Waals surface area contributed by atoms with Crippen LogP contribution >= 0.6 is 0 Å². The topological polar surface area (TPSA) is 69.4 Å². The van der Waals surface area contributed by atoms with E-state index in [0.717, 1.165) is 11.1 Å². The van der Waals surface area contributed by atoms with Crippen LogP contribution in [0.25, 0.3) is 6.08 Å². The maximum absolute atomic E-state index is 11.2. The molecule has 0 saturated heterocycles. The van der Waals surface area contributed by atoms with E-state index in [1.165, 1.54) is 20.1 Å². The SMILES string of the molecule is COC(=O)C=Cc1ccc(C(C)=O)cc1CN. The predicted octanol–water partition coefficient (Wildman–Crippen LogP) is 1.53. The Hall–Kier alpha value is -1.94. The van der Waals surface area contributed by atoms with Gasteiger partial charge in [0.05, 0.1) is 7.11 Å². The summed E-state index contributed by atoms with van der Waals surface area (Å²) in [5.41, 5.74) is 7.83. The molecule has 1 aromatic rings. The van der Waals surface area contributed by atoms with Crippen LogP contribution in [0.3, 0.4) is 0 Å². The van der Waals surface area contributed by atoms with Crippen LogP contribution < -0.4 is 5.73 Å². The molecule has 0 saturated carbocycles. The van der Waals surface area contributed by atoms with Crippen molar-refractivity contribution in [2.75, 3.05) is 7.11 Å². The van der Waals surface area contributed by atoms with E-state index in [-0.39, 0.29) is 5.78 Å². The van der Waals surface area contributed by atoms with Crippen molar-refractivity contribution in [2.24, 2.45) is 5.73 Å². The lowest BCUT2D eigenvalue weighted by Crippen LogP contribution is -2.02. The first-order valence-electron chi connectivity index (χ1n) is 5.18. The van der Waals surface area contributed by atoms with Gasteiger partial charge in [0.25, 0.3) is 0 Å². The molecule has 0 radical (unpaired) electrons. The minimum atomic E-state index is -0.427. The number of Topliss-reactive ketones (excluding diaryl/α,β-unsaturated/α-hetero) is 1. The van der Waals surface area contributed by atoms with Gasteiger partial charge in [-0.1, -0.05) is 12.1 Å². The Kier molecular flexibility index (Phi) is 4.60. The lowest BCUT2D eigenvalue weighted by Gasteiger charge is -2.05. The molecular formula is C13H15NO3. The summed E-state index contributed by atoms with van der Waals surface area (Å²) in [6.45, 7) is 1.81. The molecule has 2 N–H and O–H groups in total. The lowest BCUT2D eigenvalue weighted by atomic mass is 10.0. The van der Waals surface area contributed by atoms with Crippen molar-refractivity contribution in [3.8, 4) is 0 Å². The van der Waals surface area contributed by atoms with Gasteiger partial charge in [-0.05, 0) is 30.2 Å². The maximum atomic E-state index is 11.2. The molecular weight excluding hydrogens is 218 g/mol. The molecule has 0 aliphatic heterocycles. The second-order valence-corrected chi connectivity index (χ2v) is 3.53. The number of methoxy groups -OCH3 is 1. The third-order valence-electron chi connectivity index (χ3n) is 2.37. The zero-order chi connectivity index (χ0) is 12.8. The zero-order valence-electron chi connectivity index (χ0n) is 9.90.